The number of carbonyl (C=O) groups is 2. The van der Waals surface area contributed by atoms with Crippen LogP contribution in [0.3, 0.4) is 0 Å². The summed E-state index contributed by atoms with van der Waals surface area (Å²) < 4.78 is 1.01. The van der Waals surface area contributed by atoms with Gasteiger partial charge in [0.15, 0.2) is 10.9 Å². The van der Waals surface area contributed by atoms with Gasteiger partial charge in [-0.15, -0.1) is 11.3 Å². The molecular formula is C22H16N2O2S2. The van der Waals surface area contributed by atoms with Gasteiger partial charge in [0, 0.05) is 16.5 Å². The van der Waals surface area contributed by atoms with Crippen LogP contribution < -0.4 is 4.90 Å². The summed E-state index contributed by atoms with van der Waals surface area (Å²) in [6.45, 7) is 1.52. The summed E-state index contributed by atoms with van der Waals surface area (Å²) in [5, 5.41) is 2.56. The van der Waals surface area contributed by atoms with Gasteiger partial charge in [0.25, 0.3) is 5.91 Å². The van der Waals surface area contributed by atoms with E-state index in [9.17, 15) is 9.59 Å². The number of anilines is 2. The maximum atomic E-state index is 13.1. The van der Waals surface area contributed by atoms with Gasteiger partial charge < -0.3 is 0 Å². The van der Waals surface area contributed by atoms with E-state index in [0.717, 1.165) is 15.1 Å². The quantitative estimate of drug-likeness (QED) is 0.306. The maximum absolute atomic E-state index is 13.1. The van der Waals surface area contributed by atoms with E-state index in [2.05, 4.69) is 4.98 Å². The Labute approximate surface area is 170 Å². The number of fused-ring (bicyclic) bond motifs is 1. The van der Waals surface area contributed by atoms with Crippen LogP contribution in [0.15, 0.2) is 72.1 Å². The second-order valence-electron chi connectivity index (χ2n) is 6.09. The van der Waals surface area contributed by atoms with Crippen LogP contribution in [0.2, 0.25) is 0 Å². The van der Waals surface area contributed by atoms with Crippen molar-refractivity contribution in [1.29, 1.82) is 0 Å². The molecule has 28 heavy (non-hydrogen) atoms. The minimum absolute atomic E-state index is 0.0120. The minimum atomic E-state index is -0.192. The molecule has 4 rings (SSSR count). The molecule has 0 saturated carbocycles. The summed E-state index contributed by atoms with van der Waals surface area (Å²) >= 11 is 3.03. The van der Waals surface area contributed by atoms with Crippen molar-refractivity contribution in [3.63, 3.8) is 0 Å². The lowest BCUT2D eigenvalue weighted by atomic mass is 10.1. The lowest BCUT2D eigenvalue weighted by molar-refractivity contribution is -0.113. The number of hydrogen-bond acceptors (Lipinski definition) is 5. The van der Waals surface area contributed by atoms with E-state index in [1.54, 1.807) is 52.7 Å². The molecule has 2 heterocycles. The molecule has 6 heteroatoms. The molecular weight excluding hydrogens is 388 g/mol. The van der Waals surface area contributed by atoms with Crippen LogP contribution in [0.4, 0.5) is 10.8 Å². The molecule has 4 nitrogen and oxygen atoms in total. The number of amides is 1. The molecule has 0 atom stereocenters. The van der Waals surface area contributed by atoms with Gasteiger partial charge in [0.05, 0.1) is 15.9 Å². The Morgan fingerprint density at radius 2 is 1.79 bits per heavy atom. The van der Waals surface area contributed by atoms with Crippen LogP contribution in [-0.2, 0) is 4.79 Å². The molecule has 0 bridgehead atoms. The monoisotopic (exact) mass is 404 g/mol. The third-order valence-electron chi connectivity index (χ3n) is 4.16. The van der Waals surface area contributed by atoms with Gasteiger partial charge in [-0.05, 0) is 60.8 Å². The summed E-state index contributed by atoms with van der Waals surface area (Å²) in [6.07, 6.45) is 3.36. The second kappa shape index (κ2) is 7.88. The van der Waals surface area contributed by atoms with Gasteiger partial charge in [-0.1, -0.05) is 29.5 Å². The molecule has 0 fully saturated rings. The zero-order valence-electron chi connectivity index (χ0n) is 15.0. The number of rotatable bonds is 5. The van der Waals surface area contributed by atoms with Crippen molar-refractivity contribution in [2.45, 2.75) is 6.92 Å². The van der Waals surface area contributed by atoms with Crippen LogP contribution in [0.5, 0.6) is 0 Å². The second-order valence-corrected chi connectivity index (χ2v) is 8.08. The first-order chi connectivity index (χ1) is 13.6. The highest BCUT2D eigenvalue weighted by Gasteiger charge is 2.20. The fraction of sp³-hybridized carbons (Fsp3) is 0.0455. The predicted octanol–water partition coefficient (Wildman–Crippen LogP) is 5.94. The Hall–Kier alpha value is -3.09. The number of thiophene rings is 1. The molecule has 0 spiro atoms. The number of benzene rings is 2. The number of carbonyl (C=O) groups excluding carboxylic acids is 2. The zero-order chi connectivity index (χ0) is 19.5. The highest BCUT2D eigenvalue weighted by Crippen LogP contribution is 2.34. The van der Waals surface area contributed by atoms with E-state index < -0.39 is 0 Å². The van der Waals surface area contributed by atoms with Gasteiger partial charge in [-0.25, -0.2) is 4.98 Å². The van der Waals surface area contributed by atoms with E-state index in [4.69, 9.17) is 0 Å². The van der Waals surface area contributed by atoms with Crippen molar-refractivity contribution in [2.75, 3.05) is 4.90 Å². The normalized spacial score (nSPS) is 11.2. The molecule has 0 saturated heterocycles. The summed E-state index contributed by atoms with van der Waals surface area (Å²) in [4.78, 5) is 31.9. The minimum Gasteiger partial charge on any atom is -0.295 e. The van der Waals surface area contributed by atoms with Crippen LogP contribution in [0.25, 0.3) is 16.3 Å². The average molecular weight is 405 g/mol. The van der Waals surface area contributed by atoms with E-state index in [1.165, 1.54) is 18.3 Å². The first-order valence-electron chi connectivity index (χ1n) is 8.64. The van der Waals surface area contributed by atoms with Gasteiger partial charge in [0.1, 0.15) is 0 Å². The van der Waals surface area contributed by atoms with Gasteiger partial charge in [-0.2, -0.15) is 0 Å². The maximum Gasteiger partial charge on any atom is 0.257 e. The largest absolute Gasteiger partial charge is 0.295 e. The van der Waals surface area contributed by atoms with Crippen LogP contribution in [0, 0.1) is 0 Å². The van der Waals surface area contributed by atoms with Gasteiger partial charge in [0.2, 0.25) is 0 Å². The molecule has 4 aromatic rings. The molecule has 2 aromatic carbocycles. The smallest absolute Gasteiger partial charge is 0.257 e. The SMILES string of the molecule is CC(=O)c1ccc(N(C(=O)C=Cc2cccs2)c2nc3ccccc3s2)cc1. The van der Waals surface area contributed by atoms with Crippen molar-refractivity contribution in [1.82, 2.24) is 4.98 Å². The Morgan fingerprint density at radius 1 is 1.00 bits per heavy atom. The first-order valence-corrected chi connectivity index (χ1v) is 10.3. The third-order valence-corrected chi connectivity index (χ3v) is 6.02. The molecule has 0 radical (unpaired) electrons. The van der Waals surface area contributed by atoms with E-state index in [1.807, 2.05) is 41.8 Å². The topological polar surface area (TPSA) is 50.3 Å². The number of para-hydroxylation sites is 1. The summed E-state index contributed by atoms with van der Waals surface area (Å²) in [6, 6.07) is 18.7. The molecule has 0 aliphatic heterocycles. The lowest BCUT2D eigenvalue weighted by Gasteiger charge is -2.18. The van der Waals surface area contributed by atoms with Crippen molar-refractivity contribution in [3.8, 4) is 0 Å². The molecule has 0 unspecified atom stereocenters. The van der Waals surface area contributed by atoms with Crippen molar-refractivity contribution in [2.24, 2.45) is 0 Å². The molecule has 0 aliphatic rings. The molecule has 2 aromatic heterocycles. The fourth-order valence-electron chi connectivity index (χ4n) is 2.75. The van der Waals surface area contributed by atoms with Crippen molar-refractivity contribution >= 4 is 61.5 Å². The molecule has 0 N–H and O–H groups in total. The standard InChI is InChI=1S/C22H16N2O2S2/c1-15(25)16-8-10-17(11-9-16)24(21(26)13-12-18-5-4-14-27-18)22-23-19-6-2-3-7-20(19)28-22/h2-14H,1H3. The third kappa shape index (κ3) is 3.78. The van der Waals surface area contributed by atoms with E-state index in [-0.39, 0.29) is 11.7 Å². The Morgan fingerprint density at radius 3 is 2.46 bits per heavy atom. The van der Waals surface area contributed by atoms with Crippen LogP contribution in [-0.4, -0.2) is 16.7 Å². The van der Waals surface area contributed by atoms with E-state index in [0.29, 0.717) is 16.4 Å². The fourth-order valence-corrected chi connectivity index (χ4v) is 4.36. The van der Waals surface area contributed by atoms with Crippen LogP contribution >= 0.6 is 22.7 Å². The first kappa shape index (κ1) is 18.3. The van der Waals surface area contributed by atoms with Crippen LogP contribution in [0.1, 0.15) is 22.2 Å². The lowest BCUT2D eigenvalue weighted by Crippen LogP contribution is -2.23. The predicted molar refractivity (Wildman–Crippen MR) is 117 cm³/mol. The Kier molecular flexibility index (Phi) is 5.14. The molecule has 0 aliphatic carbocycles. The van der Waals surface area contributed by atoms with Gasteiger partial charge >= 0.3 is 0 Å². The summed E-state index contributed by atoms with van der Waals surface area (Å²) in [5.74, 6) is -0.204. The summed E-state index contributed by atoms with van der Waals surface area (Å²) in [7, 11) is 0. The molecule has 1 amide bonds. The number of aromatic nitrogens is 1. The zero-order valence-corrected chi connectivity index (χ0v) is 16.7. The number of nitrogens with zero attached hydrogens (tertiary/aromatic N) is 2. The van der Waals surface area contributed by atoms with E-state index >= 15 is 0 Å². The number of Topliss-reactive ketones (excluding diaryl/α,β-unsaturated/α-hetero) is 1. The van der Waals surface area contributed by atoms with Crippen molar-refractivity contribution in [3.05, 3.63) is 82.6 Å². The number of ketones is 1. The number of thiazole rings is 1. The highest BCUT2D eigenvalue weighted by atomic mass is 32.1. The van der Waals surface area contributed by atoms with Crippen molar-refractivity contribution < 1.29 is 9.59 Å². The summed E-state index contributed by atoms with van der Waals surface area (Å²) in [5.41, 5.74) is 2.13. The Balaban J connectivity index is 1.75. The number of hydrogen-bond donors (Lipinski definition) is 0. The highest BCUT2D eigenvalue weighted by molar-refractivity contribution is 7.22. The Bertz CT molecular complexity index is 1130. The van der Waals surface area contributed by atoms with Gasteiger partial charge in [-0.3, -0.25) is 14.5 Å². The molecule has 138 valence electrons. The average Bonchev–Trinajstić information content (AvgIpc) is 3.36.